The third-order valence-electron chi connectivity index (χ3n) is 2.42. The number of hydrogen-bond acceptors (Lipinski definition) is 2. The van der Waals surface area contributed by atoms with Crippen LogP contribution in [0.2, 0.25) is 0 Å². The molecule has 0 spiro atoms. The van der Waals surface area contributed by atoms with Crippen LogP contribution in [-0.4, -0.2) is 9.97 Å². The van der Waals surface area contributed by atoms with Crippen molar-refractivity contribution in [1.29, 1.82) is 0 Å². The lowest BCUT2D eigenvalue weighted by molar-refractivity contribution is 0.505. The van der Waals surface area contributed by atoms with Crippen LogP contribution in [0.15, 0.2) is 17.1 Å². The molecule has 0 bridgehead atoms. The smallest absolute Gasteiger partial charge is 0.275 e. The van der Waals surface area contributed by atoms with Gasteiger partial charge in [-0.1, -0.05) is 13.8 Å². The highest BCUT2D eigenvalue weighted by atomic mass is 19.2. The van der Waals surface area contributed by atoms with Crippen LogP contribution in [0.4, 0.5) is 8.78 Å². The molecule has 5 heteroatoms. The number of aromatic nitrogens is 2. The lowest BCUT2D eigenvalue weighted by Crippen LogP contribution is -2.17. The fraction of sp³-hybridized carbons (Fsp3) is 0.273. The van der Waals surface area contributed by atoms with Gasteiger partial charge in [-0.2, -0.15) is 4.98 Å². The minimum absolute atomic E-state index is 0.00306. The SMILES string of the molecule is CC(C)c1cc2c(F)c(F)c[nH]c-2nc1=O. The van der Waals surface area contributed by atoms with E-state index in [1.165, 1.54) is 6.07 Å². The Morgan fingerprint density at radius 3 is 2.69 bits per heavy atom. The van der Waals surface area contributed by atoms with Crippen molar-refractivity contribution in [3.8, 4) is 11.4 Å². The standard InChI is InChI=1S/C11H10F2N2O/c1-5(2)6-3-7-9(13)8(12)4-14-10(7)15-11(6)16/h3-5H,1-2H3,(H,14,15,16). The first kappa shape index (κ1) is 10.7. The Kier molecular flexibility index (Phi) is 2.46. The first-order chi connectivity index (χ1) is 7.50. The number of halogens is 2. The molecule has 2 aliphatic rings. The quantitative estimate of drug-likeness (QED) is 0.807. The number of H-pyrrole nitrogens is 1. The molecule has 2 aliphatic heterocycles. The van der Waals surface area contributed by atoms with Crippen LogP contribution in [0, 0.1) is 11.6 Å². The van der Waals surface area contributed by atoms with Crippen LogP contribution in [0.25, 0.3) is 11.4 Å². The third-order valence-corrected chi connectivity index (χ3v) is 2.42. The second-order valence-corrected chi connectivity index (χ2v) is 3.88. The first-order valence-electron chi connectivity index (χ1n) is 4.88. The highest BCUT2D eigenvalue weighted by Crippen LogP contribution is 2.24. The number of rotatable bonds is 1. The Morgan fingerprint density at radius 1 is 1.38 bits per heavy atom. The highest BCUT2D eigenvalue weighted by molar-refractivity contribution is 5.58. The first-order valence-corrected chi connectivity index (χ1v) is 4.88. The summed E-state index contributed by atoms with van der Waals surface area (Å²) in [7, 11) is 0. The van der Waals surface area contributed by atoms with Gasteiger partial charge in [-0.05, 0) is 12.0 Å². The maximum atomic E-state index is 13.4. The zero-order chi connectivity index (χ0) is 11.9. The summed E-state index contributed by atoms with van der Waals surface area (Å²) in [6.07, 6.45) is 0.846. The summed E-state index contributed by atoms with van der Waals surface area (Å²) in [6, 6.07) is 1.35. The van der Waals surface area contributed by atoms with Gasteiger partial charge in [-0.25, -0.2) is 8.78 Å². The number of hydrogen-bond donors (Lipinski definition) is 1. The van der Waals surface area contributed by atoms with Crippen LogP contribution in [0.1, 0.15) is 25.3 Å². The van der Waals surface area contributed by atoms with Crippen LogP contribution in [0.3, 0.4) is 0 Å². The Labute approximate surface area is 90.5 Å². The normalized spacial score (nSPS) is 11.3. The summed E-state index contributed by atoms with van der Waals surface area (Å²) in [4.78, 5) is 17.6. The molecule has 0 atom stereocenters. The molecule has 0 saturated heterocycles. The zero-order valence-corrected chi connectivity index (χ0v) is 8.84. The molecule has 0 aliphatic carbocycles. The second-order valence-electron chi connectivity index (χ2n) is 3.88. The predicted octanol–water partition coefficient (Wildman–Crippen LogP) is 2.28. The molecule has 0 aromatic heterocycles. The fourth-order valence-electron chi connectivity index (χ4n) is 1.53. The zero-order valence-electron chi connectivity index (χ0n) is 8.84. The summed E-state index contributed by atoms with van der Waals surface area (Å²) in [5, 5.41) is 0. The molecule has 2 rings (SSSR count). The maximum absolute atomic E-state index is 13.4. The monoisotopic (exact) mass is 224 g/mol. The van der Waals surface area contributed by atoms with Crippen molar-refractivity contribution in [3.05, 3.63) is 39.8 Å². The average molecular weight is 224 g/mol. The van der Waals surface area contributed by atoms with Crippen LogP contribution in [-0.2, 0) is 0 Å². The third kappa shape index (κ3) is 1.58. The van der Waals surface area contributed by atoms with E-state index in [1.54, 1.807) is 13.8 Å². The van der Waals surface area contributed by atoms with Crippen molar-refractivity contribution in [2.45, 2.75) is 19.8 Å². The van der Waals surface area contributed by atoms with E-state index in [-0.39, 0.29) is 17.3 Å². The van der Waals surface area contributed by atoms with E-state index in [1.807, 2.05) is 0 Å². The molecule has 0 aromatic carbocycles. The van der Waals surface area contributed by atoms with Crippen molar-refractivity contribution in [3.63, 3.8) is 0 Å². The summed E-state index contributed by atoms with van der Waals surface area (Å²) < 4.78 is 26.4. The molecule has 2 heterocycles. The van der Waals surface area contributed by atoms with Gasteiger partial charge < -0.3 is 4.98 Å². The van der Waals surface area contributed by atoms with Crippen molar-refractivity contribution >= 4 is 0 Å². The molecule has 0 amide bonds. The largest absolute Gasteiger partial charge is 0.343 e. The van der Waals surface area contributed by atoms with Crippen LogP contribution >= 0.6 is 0 Å². The number of nitrogens with one attached hydrogen (secondary N) is 1. The van der Waals surface area contributed by atoms with Crippen molar-refractivity contribution < 1.29 is 8.78 Å². The molecular formula is C11H10F2N2O. The van der Waals surface area contributed by atoms with Crippen molar-refractivity contribution in [2.24, 2.45) is 0 Å². The van der Waals surface area contributed by atoms with Gasteiger partial charge in [-0.15, -0.1) is 0 Å². The lowest BCUT2D eigenvalue weighted by atomic mass is 10.0. The van der Waals surface area contributed by atoms with E-state index in [9.17, 15) is 13.6 Å². The van der Waals surface area contributed by atoms with E-state index in [2.05, 4.69) is 9.97 Å². The van der Waals surface area contributed by atoms with Crippen molar-refractivity contribution in [1.82, 2.24) is 9.97 Å². The Hall–Kier alpha value is -1.78. The van der Waals surface area contributed by atoms with Gasteiger partial charge in [0, 0.05) is 11.8 Å². The van der Waals surface area contributed by atoms with Gasteiger partial charge in [0.15, 0.2) is 11.6 Å². The minimum Gasteiger partial charge on any atom is -0.343 e. The summed E-state index contributed by atoms with van der Waals surface area (Å²) >= 11 is 0. The van der Waals surface area contributed by atoms with Gasteiger partial charge >= 0.3 is 0 Å². The van der Waals surface area contributed by atoms with E-state index in [0.29, 0.717) is 5.56 Å². The van der Waals surface area contributed by atoms with Crippen LogP contribution in [0.5, 0.6) is 0 Å². The molecule has 16 heavy (non-hydrogen) atoms. The lowest BCUT2D eigenvalue weighted by Gasteiger charge is -2.09. The van der Waals surface area contributed by atoms with Gasteiger partial charge in [0.05, 0.1) is 5.56 Å². The summed E-state index contributed by atoms with van der Waals surface area (Å²) in [5.74, 6) is -1.98. The molecule has 0 saturated carbocycles. The van der Waals surface area contributed by atoms with Crippen molar-refractivity contribution in [2.75, 3.05) is 0 Å². The molecule has 1 N–H and O–H groups in total. The Bertz CT molecular complexity index is 563. The molecule has 0 unspecified atom stereocenters. The molecule has 3 nitrogen and oxygen atoms in total. The summed E-state index contributed by atoms with van der Waals surface area (Å²) in [5.41, 5.74) is -0.0292. The fourth-order valence-corrected chi connectivity index (χ4v) is 1.53. The van der Waals surface area contributed by atoms with E-state index in [4.69, 9.17) is 0 Å². The average Bonchev–Trinajstić information content (AvgIpc) is 2.23. The molecular weight excluding hydrogens is 214 g/mol. The maximum Gasteiger partial charge on any atom is 0.275 e. The number of nitrogens with zero attached hydrogens (tertiary/aromatic N) is 1. The van der Waals surface area contributed by atoms with E-state index < -0.39 is 17.2 Å². The number of pyridine rings is 2. The number of aromatic amines is 1. The topological polar surface area (TPSA) is 45.8 Å². The van der Waals surface area contributed by atoms with Gasteiger partial charge in [0.25, 0.3) is 5.56 Å². The number of fused-ring (bicyclic) bond motifs is 1. The van der Waals surface area contributed by atoms with Gasteiger partial charge in [-0.3, -0.25) is 4.79 Å². The highest BCUT2D eigenvalue weighted by Gasteiger charge is 2.18. The molecule has 0 fully saturated rings. The molecule has 0 aromatic rings. The Morgan fingerprint density at radius 2 is 2.06 bits per heavy atom. The Balaban J connectivity index is 2.82. The van der Waals surface area contributed by atoms with Crippen LogP contribution < -0.4 is 5.56 Å². The molecule has 84 valence electrons. The predicted molar refractivity (Wildman–Crippen MR) is 55.5 cm³/mol. The molecule has 0 radical (unpaired) electrons. The minimum atomic E-state index is -0.984. The van der Waals surface area contributed by atoms with E-state index in [0.717, 1.165) is 6.20 Å². The van der Waals surface area contributed by atoms with Gasteiger partial charge in [0.2, 0.25) is 0 Å². The second kappa shape index (κ2) is 3.66. The summed E-state index contributed by atoms with van der Waals surface area (Å²) in [6.45, 7) is 3.59. The van der Waals surface area contributed by atoms with E-state index >= 15 is 0 Å². The van der Waals surface area contributed by atoms with Gasteiger partial charge in [0.1, 0.15) is 5.82 Å².